The topological polar surface area (TPSA) is 136 Å². The Kier molecular flexibility index (Phi) is 4.67. The van der Waals surface area contributed by atoms with Gasteiger partial charge in [-0.2, -0.15) is 5.10 Å². The van der Waals surface area contributed by atoms with Crippen LogP contribution in [0.1, 0.15) is 48.2 Å². The van der Waals surface area contributed by atoms with Gasteiger partial charge in [0.05, 0.1) is 16.5 Å². The van der Waals surface area contributed by atoms with E-state index >= 15 is 0 Å². The van der Waals surface area contributed by atoms with Crippen LogP contribution in [0.15, 0.2) is 54.6 Å². The zero-order chi connectivity index (χ0) is 25.4. The summed E-state index contributed by atoms with van der Waals surface area (Å²) in [6.07, 6.45) is 1.32. The minimum absolute atomic E-state index is 0.106. The molecule has 1 aliphatic heterocycles. The Labute approximate surface area is 206 Å². The molecule has 2 aliphatic carbocycles. The van der Waals surface area contributed by atoms with Crippen LogP contribution in [0, 0.1) is 11.3 Å². The summed E-state index contributed by atoms with van der Waals surface area (Å²) in [5, 5.41) is 15.1. The molecular weight excluding hydrogens is 460 g/mol. The van der Waals surface area contributed by atoms with E-state index in [1.54, 1.807) is 24.3 Å². The molecule has 3 aromatic rings. The number of aliphatic carboxylic acids is 1. The fourth-order valence-corrected chi connectivity index (χ4v) is 6.94. The second kappa shape index (κ2) is 7.49. The molecule has 6 rings (SSSR count). The third-order valence-electron chi connectivity index (χ3n) is 8.53. The number of hydrogen-bond acceptors (Lipinski definition) is 5. The summed E-state index contributed by atoms with van der Waals surface area (Å²) in [6.45, 7) is 1.18. The van der Waals surface area contributed by atoms with Crippen molar-refractivity contribution < 1.29 is 24.3 Å². The van der Waals surface area contributed by atoms with E-state index < -0.39 is 34.8 Å². The van der Waals surface area contributed by atoms with Crippen LogP contribution < -0.4 is 5.73 Å². The molecule has 5 atom stereocenters. The van der Waals surface area contributed by atoms with E-state index in [-0.39, 0.29) is 36.3 Å². The highest BCUT2D eigenvalue weighted by atomic mass is 16.4. The van der Waals surface area contributed by atoms with Gasteiger partial charge in [-0.15, -0.1) is 0 Å². The first kappa shape index (κ1) is 22.5. The fourth-order valence-electron chi connectivity index (χ4n) is 6.94. The Morgan fingerprint density at radius 3 is 2.42 bits per heavy atom. The maximum Gasteiger partial charge on any atom is 0.326 e. The Hall–Kier alpha value is -4.01. The van der Waals surface area contributed by atoms with Crippen molar-refractivity contribution in [2.24, 2.45) is 17.1 Å². The lowest BCUT2D eigenvalue weighted by Gasteiger charge is -2.37. The molecule has 0 bridgehead atoms. The summed E-state index contributed by atoms with van der Waals surface area (Å²) in [5.74, 6) is -2.53. The molecule has 2 heterocycles. The number of nitrogens with zero attached hydrogens (tertiary/aromatic N) is 3. The normalized spacial score (nSPS) is 30.1. The number of para-hydroxylation sites is 1. The van der Waals surface area contributed by atoms with Gasteiger partial charge >= 0.3 is 5.97 Å². The summed E-state index contributed by atoms with van der Waals surface area (Å²) in [7, 11) is 0. The number of carboxylic acids is 1. The Bertz CT molecular complexity index is 1450. The number of hydrogen-bond donors (Lipinski definition) is 2. The summed E-state index contributed by atoms with van der Waals surface area (Å²) < 4.78 is 1.45. The third-order valence-corrected chi connectivity index (χ3v) is 8.53. The van der Waals surface area contributed by atoms with Crippen LogP contribution in [-0.4, -0.2) is 54.9 Å². The summed E-state index contributed by atoms with van der Waals surface area (Å²) in [5.41, 5.74) is 5.93. The van der Waals surface area contributed by atoms with Gasteiger partial charge in [0.2, 0.25) is 11.8 Å². The lowest BCUT2D eigenvalue weighted by atomic mass is 9.85. The van der Waals surface area contributed by atoms with Crippen molar-refractivity contribution in [2.75, 3.05) is 0 Å². The van der Waals surface area contributed by atoms with Crippen molar-refractivity contribution in [3.05, 3.63) is 65.9 Å². The molecular formula is C27H26N4O5. The molecule has 1 aromatic heterocycles. The molecule has 1 saturated heterocycles. The minimum atomic E-state index is -1.10. The molecule has 9 nitrogen and oxygen atoms in total. The van der Waals surface area contributed by atoms with E-state index in [4.69, 9.17) is 5.73 Å². The van der Waals surface area contributed by atoms with Crippen LogP contribution in [0.5, 0.6) is 0 Å². The van der Waals surface area contributed by atoms with Crippen molar-refractivity contribution in [1.82, 2.24) is 14.7 Å². The summed E-state index contributed by atoms with van der Waals surface area (Å²) in [6, 6.07) is 15.7. The second-order valence-corrected chi connectivity index (χ2v) is 10.3. The quantitative estimate of drug-likeness (QED) is 0.492. The number of carbonyl (C=O) groups excluding carboxylic acids is 3. The molecule has 2 aromatic carbocycles. The van der Waals surface area contributed by atoms with E-state index in [2.05, 4.69) is 5.10 Å². The fraction of sp³-hybridized carbons (Fsp3) is 0.370. The van der Waals surface area contributed by atoms with Crippen molar-refractivity contribution in [1.29, 1.82) is 0 Å². The van der Waals surface area contributed by atoms with Gasteiger partial charge in [0, 0.05) is 18.2 Å². The number of primary amides is 1. The van der Waals surface area contributed by atoms with Gasteiger partial charge in [-0.25, -0.2) is 4.79 Å². The monoisotopic (exact) mass is 486 g/mol. The Balaban J connectivity index is 1.40. The molecule has 0 spiro atoms. The van der Waals surface area contributed by atoms with Gasteiger partial charge < -0.3 is 15.7 Å². The number of benzene rings is 2. The number of fused-ring (bicyclic) bond motifs is 2. The number of likely N-dealkylation sites (tertiary alicyclic amines) is 1. The van der Waals surface area contributed by atoms with E-state index in [0.717, 1.165) is 5.56 Å². The van der Waals surface area contributed by atoms with Crippen molar-refractivity contribution in [3.63, 3.8) is 0 Å². The highest BCUT2D eigenvalue weighted by Gasteiger charge is 2.85. The Morgan fingerprint density at radius 1 is 1.06 bits per heavy atom. The molecule has 0 radical (unpaired) electrons. The van der Waals surface area contributed by atoms with E-state index in [0.29, 0.717) is 23.7 Å². The van der Waals surface area contributed by atoms with E-state index in [1.165, 1.54) is 16.5 Å². The average molecular weight is 487 g/mol. The number of Topliss-reactive ketones (excluding diaryl/α,β-unsaturated/α-hetero) is 1. The van der Waals surface area contributed by atoms with E-state index in [9.17, 15) is 24.3 Å². The SMILES string of the molecule is CC(=O)c1nn(CC(=O)N2[C@H](C(=O)O)C[C@H]3C[C@@]32[C@]2(C(N)=O)C[C@@H]2c2ccccc2)c2ccccc12. The standard InChI is InChI=1S/C27H26N4O5/c1-15(32)23-18-9-5-6-10-20(18)30(29-23)14-22(33)31-21(24(34)35)11-17-12-27(17,31)26(25(28)36)13-19(26)16-7-3-2-4-8-16/h2-10,17,19,21H,11-14H2,1H3,(H2,28,36)(H,34,35)/t17-,19+,21-,26+,27-/m0/s1. The summed E-state index contributed by atoms with van der Waals surface area (Å²) >= 11 is 0. The van der Waals surface area contributed by atoms with Crippen LogP contribution in [0.2, 0.25) is 0 Å². The molecule has 2 amide bonds. The maximum absolute atomic E-state index is 13.9. The van der Waals surface area contributed by atoms with Crippen molar-refractivity contribution >= 4 is 34.5 Å². The number of aromatic nitrogens is 2. The number of piperidine rings is 1. The first-order chi connectivity index (χ1) is 17.2. The largest absolute Gasteiger partial charge is 0.480 e. The zero-order valence-electron chi connectivity index (χ0n) is 19.8. The molecule has 0 unspecified atom stereocenters. The maximum atomic E-state index is 13.9. The van der Waals surface area contributed by atoms with Gasteiger partial charge in [0.1, 0.15) is 18.3 Å². The molecule has 36 heavy (non-hydrogen) atoms. The van der Waals surface area contributed by atoms with E-state index in [1.807, 2.05) is 30.3 Å². The smallest absolute Gasteiger partial charge is 0.326 e. The number of nitrogens with two attached hydrogens (primary N) is 1. The predicted octanol–water partition coefficient (Wildman–Crippen LogP) is 2.34. The minimum Gasteiger partial charge on any atom is -0.480 e. The number of ketones is 1. The van der Waals surface area contributed by atoms with Crippen LogP contribution in [0.4, 0.5) is 0 Å². The highest BCUT2D eigenvalue weighted by molar-refractivity contribution is 6.05. The van der Waals surface area contributed by atoms with Crippen LogP contribution in [-0.2, 0) is 20.9 Å². The first-order valence-electron chi connectivity index (χ1n) is 12.1. The molecule has 9 heteroatoms. The lowest BCUT2D eigenvalue weighted by Crippen LogP contribution is -2.56. The molecule has 184 valence electrons. The molecule has 2 saturated carbocycles. The number of amides is 2. The second-order valence-electron chi connectivity index (χ2n) is 10.3. The average Bonchev–Trinajstić information content (AvgIpc) is 3.72. The Morgan fingerprint density at radius 2 is 1.75 bits per heavy atom. The third kappa shape index (κ3) is 2.85. The van der Waals surface area contributed by atoms with Gasteiger partial charge in [-0.05, 0) is 36.8 Å². The number of carbonyl (C=O) groups is 4. The van der Waals surface area contributed by atoms with Gasteiger partial charge in [-0.1, -0.05) is 48.5 Å². The predicted molar refractivity (Wildman–Crippen MR) is 129 cm³/mol. The number of rotatable bonds is 7. The van der Waals surface area contributed by atoms with Gasteiger partial charge in [-0.3, -0.25) is 19.1 Å². The lowest BCUT2D eigenvalue weighted by molar-refractivity contribution is -0.154. The summed E-state index contributed by atoms with van der Waals surface area (Å²) in [4.78, 5) is 52.8. The highest BCUT2D eigenvalue weighted by Crippen LogP contribution is 2.78. The molecule has 3 aliphatic rings. The van der Waals surface area contributed by atoms with Crippen molar-refractivity contribution in [2.45, 2.75) is 50.2 Å². The van der Waals surface area contributed by atoms with Crippen LogP contribution in [0.25, 0.3) is 10.9 Å². The van der Waals surface area contributed by atoms with Crippen LogP contribution >= 0.6 is 0 Å². The molecule has 3 N–H and O–H groups in total. The van der Waals surface area contributed by atoms with Gasteiger partial charge in [0.15, 0.2) is 5.78 Å². The van der Waals surface area contributed by atoms with Crippen LogP contribution in [0.3, 0.4) is 0 Å². The number of carboxylic acid groups (broad SMARTS) is 1. The molecule has 3 fully saturated rings. The first-order valence-corrected chi connectivity index (χ1v) is 12.1. The van der Waals surface area contributed by atoms with Gasteiger partial charge in [0.25, 0.3) is 0 Å². The van der Waals surface area contributed by atoms with Crippen molar-refractivity contribution in [3.8, 4) is 0 Å². The zero-order valence-corrected chi connectivity index (χ0v) is 19.8.